The van der Waals surface area contributed by atoms with Crippen LogP contribution in [0.5, 0.6) is 0 Å². The molecular formula is C9H18INO. The third-order valence-electron chi connectivity index (χ3n) is 2.64. The van der Waals surface area contributed by atoms with E-state index >= 15 is 0 Å². The highest BCUT2D eigenvalue weighted by atomic mass is 127. The van der Waals surface area contributed by atoms with E-state index in [9.17, 15) is 0 Å². The second-order valence-electron chi connectivity index (χ2n) is 3.72. The zero-order chi connectivity index (χ0) is 9.19. The van der Waals surface area contributed by atoms with E-state index in [-0.39, 0.29) is 3.61 Å². The number of ether oxygens (including phenoxy) is 1. The molecule has 1 aliphatic rings. The molecule has 0 spiro atoms. The lowest BCUT2D eigenvalue weighted by atomic mass is 10.1. The van der Waals surface area contributed by atoms with Crippen molar-refractivity contribution < 1.29 is 4.74 Å². The molecule has 0 aromatic heterocycles. The van der Waals surface area contributed by atoms with Crippen LogP contribution >= 0.6 is 22.6 Å². The third kappa shape index (κ3) is 2.57. The minimum atomic E-state index is 0.114. The quantitative estimate of drug-likeness (QED) is 0.569. The Bertz CT molecular complexity index is 141. The minimum absolute atomic E-state index is 0.114. The van der Waals surface area contributed by atoms with Crippen molar-refractivity contribution in [3.05, 3.63) is 0 Å². The van der Waals surface area contributed by atoms with Crippen LogP contribution in [0, 0.1) is 0 Å². The molecule has 1 heterocycles. The van der Waals surface area contributed by atoms with Crippen molar-refractivity contribution in [3.63, 3.8) is 0 Å². The predicted molar refractivity (Wildman–Crippen MR) is 59.7 cm³/mol. The van der Waals surface area contributed by atoms with Crippen LogP contribution in [-0.4, -0.2) is 34.7 Å². The van der Waals surface area contributed by atoms with Crippen LogP contribution in [0.3, 0.4) is 0 Å². The lowest BCUT2D eigenvalue weighted by molar-refractivity contribution is 0.0193. The van der Waals surface area contributed by atoms with Gasteiger partial charge >= 0.3 is 0 Å². The Labute approximate surface area is 88.8 Å². The van der Waals surface area contributed by atoms with Crippen molar-refractivity contribution >= 4 is 22.6 Å². The molecule has 72 valence electrons. The summed E-state index contributed by atoms with van der Waals surface area (Å²) in [6.07, 6.45) is 2.31. The molecule has 0 atom stereocenters. The van der Waals surface area contributed by atoms with Crippen molar-refractivity contribution in [3.8, 4) is 0 Å². The molecule has 0 unspecified atom stereocenters. The monoisotopic (exact) mass is 283 g/mol. The highest BCUT2D eigenvalue weighted by molar-refractivity contribution is 14.1. The van der Waals surface area contributed by atoms with E-state index in [1.165, 1.54) is 13.1 Å². The SMILES string of the molecule is COC1(I)CCN(C(C)C)CC1. The van der Waals surface area contributed by atoms with Gasteiger partial charge in [0.2, 0.25) is 0 Å². The molecule has 1 aliphatic heterocycles. The van der Waals surface area contributed by atoms with Gasteiger partial charge in [0, 0.05) is 26.2 Å². The summed E-state index contributed by atoms with van der Waals surface area (Å²) in [6.45, 7) is 6.86. The van der Waals surface area contributed by atoms with Gasteiger partial charge in [0.1, 0.15) is 3.61 Å². The maximum atomic E-state index is 5.47. The molecule has 12 heavy (non-hydrogen) atoms. The standard InChI is InChI=1S/C9H18INO/c1-8(2)11-6-4-9(10,12-3)5-7-11/h8H,4-7H2,1-3H3. The molecule has 0 saturated carbocycles. The van der Waals surface area contributed by atoms with Crippen molar-refractivity contribution in [2.45, 2.75) is 36.3 Å². The summed E-state index contributed by atoms with van der Waals surface area (Å²) in [5.41, 5.74) is 0. The number of hydrogen-bond donors (Lipinski definition) is 0. The van der Waals surface area contributed by atoms with E-state index in [1.807, 2.05) is 7.11 Å². The molecule has 2 nitrogen and oxygen atoms in total. The summed E-state index contributed by atoms with van der Waals surface area (Å²) in [5.74, 6) is 0. The van der Waals surface area contributed by atoms with Crippen LogP contribution in [0.15, 0.2) is 0 Å². The lowest BCUT2D eigenvalue weighted by Gasteiger charge is -2.38. The van der Waals surface area contributed by atoms with Gasteiger partial charge in [-0.1, -0.05) is 0 Å². The van der Waals surface area contributed by atoms with Crippen LogP contribution in [-0.2, 0) is 4.74 Å². The number of alkyl halides is 1. The number of methoxy groups -OCH3 is 1. The summed E-state index contributed by atoms with van der Waals surface area (Å²) in [5, 5.41) is 0. The minimum Gasteiger partial charge on any atom is -0.368 e. The van der Waals surface area contributed by atoms with Crippen molar-refractivity contribution in [1.82, 2.24) is 4.90 Å². The fourth-order valence-corrected chi connectivity index (χ4v) is 2.06. The lowest BCUT2D eigenvalue weighted by Crippen LogP contribution is -2.44. The molecule has 0 aliphatic carbocycles. The number of piperidine rings is 1. The fraction of sp³-hybridized carbons (Fsp3) is 1.00. The Kier molecular flexibility index (Phi) is 3.79. The molecule has 0 N–H and O–H groups in total. The van der Waals surface area contributed by atoms with Crippen LogP contribution in [0.1, 0.15) is 26.7 Å². The van der Waals surface area contributed by atoms with E-state index in [1.54, 1.807) is 0 Å². The molecule has 1 rings (SSSR count). The summed E-state index contributed by atoms with van der Waals surface area (Å²) in [7, 11) is 1.82. The van der Waals surface area contributed by atoms with Crippen LogP contribution in [0.4, 0.5) is 0 Å². The van der Waals surface area contributed by atoms with E-state index in [0.717, 1.165) is 12.8 Å². The first-order valence-corrected chi connectivity index (χ1v) is 5.63. The van der Waals surface area contributed by atoms with E-state index in [2.05, 4.69) is 41.3 Å². The van der Waals surface area contributed by atoms with Gasteiger partial charge in [-0.05, 0) is 49.3 Å². The van der Waals surface area contributed by atoms with Crippen LogP contribution < -0.4 is 0 Å². The molecule has 0 aromatic rings. The molecule has 0 bridgehead atoms. The van der Waals surface area contributed by atoms with Gasteiger partial charge in [-0.15, -0.1) is 0 Å². The van der Waals surface area contributed by atoms with Crippen molar-refractivity contribution in [2.24, 2.45) is 0 Å². The first kappa shape index (κ1) is 10.7. The second kappa shape index (κ2) is 4.24. The summed E-state index contributed by atoms with van der Waals surface area (Å²) >= 11 is 2.44. The number of likely N-dealkylation sites (tertiary alicyclic amines) is 1. The Balaban J connectivity index is 2.39. The number of halogens is 1. The second-order valence-corrected chi connectivity index (χ2v) is 5.68. The number of hydrogen-bond acceptors (Lipinski definition) is 2. The normalized spacial score (nSPS) is 24.8. The Morgan fingerprint density at radius 3 is 2.17 bits per heavy atom. The maximum Gasteiger partial charge on any atom is 0.121 e. The smallest absolute Gasteiger partial charge is 0.121 e. The number of nitrogens with zero attached hydrogens (tertiary/aromatic N) is 1. The third-order valence-corrected chi connectivity index (χ3v) is 4.16. The first-order chi connectivity index (χ1) is 5.57. The van der Waals surface area contributed by atoms with Gasteiger partial charge in [0.25, 0.3) is 0 Å². The predicted octanol–water partition coefficient (Wildman–Crippen LogP) is 2.27. The van der Waals surface area contributed by atoms with Gasteiger partial charge < -0.3 is 9.64 Å². The topological polar surface area (TPSA) is 12.5 Å². The fourth-order valence-electron chi connectivity index (χ4n) is 1.58. The highest BCUT2D eigenvalue weighted by Crippen LogP contribution is 2.32. The van der Waals surface area contributed by atoms with Crippen LogP contribution in [0.2, 0.25) is 0 Å². The van der Waals surface area contributed by atoms with E-state index in [0.29, 0.717) is 6.04 Å². The maximum absolute atomic E-state index is 5.47. The highest BCUT2D eigenvalue weighted by Gasteiger charge is 2.31. The van der Waals surface area contributed by atoms with Crippen molar-refractivity contribution in [1.29, 1.82) is 0 Å². The Hall–Kier alpha value is 0.650. The van der Waals surface area contributed by atoms with E-state index in [4.69, 9.17) is 4.74 Å². The number of rotatable bonds is 2. The summed E-state index contributed by atoms with van der Waals surface area (Å²) in [4.78, 5) is 2.51. The zero-order valence-electron chi connectivity index (χ0n) is 8.14. The van der Waals surface area contributed by atoms with Gasteiger partial charge in [-0.25, -0.2) is 0 Å². The van der Waals surface area contributed by atoms with E-state index < -0.39 is 0 Å². The average molecular weight is 283 g/mol. The van der Waals surface area contributed by atoms with Crippen molar-refractivity contribution in [2.75, 3.05) is 20.2 Å². The summed E-state index contributed by atoms with van der Waals surface area (Å²) in [6, 6.07) is 0.683. The molecule has 0 amide bonds. The molecule has 1 saturated heterocycles. The average Bonchev–Trinajstić information content (AvgIpc) is 2.05. The Morgan fingerprint density at radius 2 is 1.83 bits per heavy atom. The molecule has 1 fully saturated rings. The molecule has 0 radical (unpaired) electrons. The van der Waals surface area contributed by atoms with Gasteiger partial charge in [-0.3, -0.25) is 0 Å². The van der Waals surface area contributed by atoms with Gasteiger partial charge in [0.05, 0.1) is 0 Å². The zero-order valence-corrected chi connectivity index (χ0v) is 10.3. The van der Waals surface area contributed by atoms with Gasteiger partial charge in [0.15, 0.2) is 0 Å². The largest absolute Gasteiger partial charge is 0.368 e. The molecular weight excluding hydrogens is 265 g/mol. The van der Waals surface area contributed by atoms with Gasteiger partial charge in [-0.2, -0.15) is 0 Å². The molecule has 3 heteroatoms. The molecule has 0 aromatic carbocycles. The Morgan fingerprint density at radius 1 is 1.33 bits per heavy atom. The summed E-state index contributed by atoms with van der Waals surface area (Å²) < 4.78 is 5.58. The van der Waals surface area contributed by atoms with Crippen LogP contribution in [0.25, 0.3) is 0 Å². The first-order valence-electron chi connectivity index (χ1n) is 4.55.